The Labute approximate surface area is 164 Å². The zero-order valence-electron chi connectivity index (χ0n) is 15.1. The molecule has 9 heteroatoms. The Kier molecular flexibility index (Phi) is 4.58. The fourth-order valence-electron chi connectivity index (χ4n) is 2.75. The van der Waals surface area contributed by atoms with Crippen molar-refractivity contribution in [3.8, 4) is 11.5 Å². The minimum absolute atomic E-state index is 0.0746. The molecule has 0 atom stereocenters. The molecular formula is C19H17ClF2N4O2. The number of halogens is 3. The fraction of sp³-hybridized carbons (Fsp3) is 0.263. The molecule has 3 heterocycles. The van der Waals surface area contributed by atoms with Crippen molar-refractivity contribution >= 4 is 34.3 Å². The van der Waals surface area contributed by atoms with Crippen molar-refractivity contribution in [2.45, 2.75) is 13.8 Å². The molecule has 0 unspecified atom stereocenters. The molecule has 0 spiro atoms. The van der Waals surface area contributed by atoms with Gasteiger partial charge in [-0.1, -0.05) is 25.4 Å². The first-order valence-electron chi connectivity index (χ1n) is 8.55. The van der Waals surface area contributed by atoms with Crippen molar-refractivity contribution in [2.24, 2.45) is 10.4 Å². The van der Waals surface area contributed by atoms with Gasteiger partial charge in [0.2, 0.25) is 0 Å². The number of benzene rings is 1. The quantitative estimate of drug-likeness (QED) is 0.634. The van der Waals surface area contributed by atoms with Gasteiger partial charge in [-0.25, -0.2) is 18.8 Å². The Balaban J connectivity index is 1.60. The van der Waals surface area contributed by atoms with Crippen LogP contribution in [-0.2, 0) is 4.74 Å². The molecule has 2 aromatic heterocycles. The molecule has 2 N–H and O–H groups in total. The SMILES string of the molecule is CC1(C)CN=C(Nc2cc(F)c(Oc3ccnc4[nH]cc(Cl)c34)c(F)c2)OC1. The Morgan fingerprint density at radius 3 is 2.71 bits per heavy atom. The Hall–Kier alpha value is -2.87. The van der Waals surface area contributed by atoms with Crippen LogP contribution in [0.4, 0.5) is 14.5 Å². The molecule has 1 aromatic carbocycles. The summed E-state index contributed by atoms with van der Waals surface area (Å²) < 4.78 is 40.1. The average Bonchev–Trinajstić information content (AvgIpc) is 3.02. The van der Waals surface area contributed by atoms with E-state index in [0.717, 1.165) is 12.1 Å². The van der Waals surface area contributed by atoms with Gasteiger partial charge in [-0.2, -0.15) is 0 Å². The van der Waals surface area contributed by atoms with Crippen LogP contribution in [0.2, 0.25) is 5.02 Å². The highest BCUT2D eigenvalue weighted by Gasteiger charge is 2.25. The van der Waals surface area contributed by atoms with E-state index in [0.29, 0.717) is 29.2 Å². The third-order valence-electron chi connectivity index (χ3n) is 4.20. The number of nitrogens with one attached hydrogen (secondary N) is 2. The number of rotatable bonds is 3. The van der Waals surface area contributed by atoms with Crippen molar-refractivity contribution in [3.05, 3.63) is 47.2 Å². The van der Waals surface area contributed by atoms with Crippen molar-refractivity contribution in [1.82, 2.24) is 9.97 Å². The van der Waals surface area contributed by atoms with Crippen LogP contribution in [0.25, 0.3) is 11.0 Å². The van der Waals surface area contributed by atoms with Gasteiger partial charge in [-0.3, -0.25) is 0 Å². The van der Waals surface area contributed by atoms with Crippen molar-refractivity contribution in [2.75, 3.05) is 18.5 Å². The van der Waals surface area contributed by atoms with Crippen molar-refractivity contribution in [1.29, 1.82) is 0 Å². The van der Waals surface area contributed by atoms with Gasteiger partial charge in [-0.15, -0.1) is 0 Å². The van der Waals surface area contributed by atoms with Gasteiger partial charge < -0.3 is 19.8 Å². The van der Waals surface area contributed by atoms with E-state index in [2.05, 4.69) is 20.3 Å². The molecule has 146 valence electrons. The summed E-state index contributed by atoms with van der Waals surface area (Å²) in [5.74, 6) is -2.10. The summed E-state index contributed by atoms with van der Waals surface area (Å²) in [7, 11) is 0. The van der Waals surface area contributed by atoms with E-state index < -0.39 is 17.4 Å². The third kappa shape index (κ3) is 3.60. The molecule has 0 bridgehead atoms. The molecule has 0 saturated heterocycles. The monoisotopic (exact) mass is 406 g/mol. The van der Waals surface area contributed by atoms with E-state index in [1.54, 1.807) is 0 Å². The summed E-state index contributed by atoms with van der Waals surface area (Å²) in [6.45, 7) is 5.05. The molecule has 0 aliphatic carbocycles. The topological polar surface area (TPSA) is 71.5 Å². The number of hydrogen-bond acceptors (Lipinski definition) is 5. The van der Waals surface area contributed by atoms with Gasteiger partial charge in [0.15, 0.2) is 17.4 Å². The van der Waals surface area contributed by atoms with Crippen LogP contribution in [0.1, 0.15) is 13.8 Å². The lowest BCUT2D eigenvalue weighted by atomic mass is 9.95. The minimum Gasteiger partial charge on any atom is -0.464 e. The molecular weight excluding hydrogens is 390 g/mol. The Morgan fingerprint density at radius 2 is 2.04 bits per heavy atom. The minimum atomic E-state index is -0.879. The number of fused-ring (bicyclic) bond motifs is 1. The second kappa shape index (κ2) is 6.94. The second-order valence-electron chi connectivity index (χ2n) is 7.24. The number of aliphatic imine (C=N–C) groups is 1. The predicted molar refractivity (Wildman–Crippen MR) is 103 cm³/mol. The molecule has 0 fully saturated rings. The summed E-state index contributed by atoms with van der Waals surface area (Å²) in [6, 6.07) is 3.93. The first-order valence-corrected chi connectivity index (χ1v) is 8.93. The number of nitrogens with zero attached hydrogens (tertiary/aromatic N) is 2. The van der Waals surface area contributed by atoms with Crippen LogP contribution >= 0.6 is 11.6 Å². The summed E-state index contributed by atoms with van der Waals surface area (Å²) in [5.41, 5.74) is 0.548. The number of aromatic nitrogens is 2. The molecule has 0 radical (unpaired) electrons. The van der Waals surface area contributed by atoms with Crippen LogP contribution < -0.4 is 10.1 Å². The van der Waals surface area contributed by atoms with Crippen molar-refractivity contribution < 1.29 is 18.3 Å². The van der Waals surface area contributed by atoms with E-state index in [1.807, 2.05) is 13.8 Å². The predicted octanol–water partition coefficient (Wildman–Crippen LogP) is 5.11. The number of aromatic amines is 1. The average molecular weight is 407 g/mol. The molecule has 0 saturated carbocycles. The van der Waals surface area contributed by atoms with Crippen molar-refractivity contribution in [3.63, 3.8) is 0 Å². The molecule has 4 rings (SSSR count). The summed E-state index contributed by atoms with van der Waals surface area (Å²) >= 11 is 6.10. The molecule has 0 amide bonds. The second-order valence-corrected chi connectivity index (χ2v) is 7.65. The number of H-pyrrole nitrogens is 1. The molecule has 6 nitrogen and oxygen atoms in total. The van der Waals surface area contributed by atoms with E-state index in [4.69, 9.17) is 21.1 Å². The first-order chi connectivity index (χ1) is 13.3. The standard InChI is InChI=1S/C19H17ClF2N4O2/c1-19(2)8-25-18(27-9-19)26-10-5-12(21)16(13(22)6-10)28-14-3-4-23-17-15(14)11(20)7-24-17/h3-7H,8-9H2,1-2H3,(H,23,24)(H,25,26). The maximum atomic E-state index is 14.6. The van der Waals surface area contributed by atoms with Crippen LogP contribution in [0.3, 0.4) is 0 Å². The number of amidine groups is 1. The maximum Gasteiger partial charge on any atom is 0.289 e. The van der Waals surface area contributed by atoms with E-state index >= 15 is 0 Å². The zero-order valence-corrected chi connectivity index (χ0v) is 15.9. The zero-order chi connectivity index (χ0) is 19.9. The van der Waals surface area contributed by atoms with Crippen LogP contribution in [0, 0.1) is 17.0 Å². The lowest BCUT2D eigenvalue weighted by Gasteiger charge is -2.28. The van der Waals surface area contributed by atoms with E-state index in [1.165, 1.54) is 18.5 Å². The normalized spacial score (nSPS) is 15.8. The van der Waals surface area contributed by atoms with E-state index in [9.17, 15) is 8.78 Å². The number of anilines is 1. The van der Waals surface area contributed by atoms with Crippen LogP contribution in [0.5, 0.6) is 11.5 Å². The van der Waals surface area contributed by atoms with E-state index in [-0.39, 0.29) is 22.9 Å². The number of ether oxygens (including phenoxy) is 2. The Bertz CT molecular complexity index is 1060. The highest BCUT2D eigenvalue weighted by atomic mass is 35.5. The first kappa shape index (κ1) is 18.5. The number of pyridine rings is 1. The lowest BCUT2D eigenvalue weighted by Crippen LogP contribution is -2.33. The molecule has 28 heavy (non-hydrogen) atoms. The largest absolute Gasteiger partial charge is 0.464 e. The summed E-state index contributed by atoms with van der Waals surface area (Å²) in [6.07, 6.45) is 2.98. The highest BCUT2D eigenvalue weighted by Crippen LogP contribution is 2.36. The summed E-state index contributed by atoms with van der Waals surface area (Å²) in [5, 5.41) is 3.56. The highest BCUT2D eigenvalue weighted by molar-refractivity contribution is 6.36. The van der Waals surface area contributed by atoms with Crippen LogP contribution in [0.15, 0.2) is 35.6 Å². The van der Waals surface area contributed by atoms with Gasteiger partial charge in [0.1, 0.15) is 11.4 Å². The molecule has 3 aromatic rings. The third-order valence-corrected chi connectivity index (χ3v) is 4.50. The maximum absolute atomic E-state index is 14.6. The Morgan fingerprint density at radius 1 is 1.29 bits per heavy atom. The number of hydrogen-bond donors (Lipinski definition) is 2. The molecule has 1 aliphatic rings. The van der Waals surface area contributed by atoms with Gasteiger partial charge >= 0.3 is 0 Å². The van der Waals surface area contributed by atoms with Gasteiger partial charge in [0.05, 0.1) is 23.6 Å². The van der Waals surface area contributed by atoms with Crippen LogP contribution in [-0.4, -0.2) is 29.1 Å². The lowest BCUT2D eigenvalue weighted by molar-refractivity contribution is 0.156. The van der Waals surface area contributed by atoms with Gasteiger partial charge in [-0.05, 0) is 6.07 Å². The van der Waals surface area contributed by atoms with Gasteiger partial charge in [0, 0.05) is 35.6 Å². The smallest absolute Gasteiger partial charge is 0.289 e. The summed E-state index contributed by atoms with van der Waals surface area (Å²) in [4.78, 5) is 11.2. The molecule has 1 aliphatic heterocycles. The van der Waals surface area contributed by atoms with Gasteiger partial charge in [0.25, 0.3) is 6.02 Å². The fourth-order valence-corrected chi connectivity index (χ4v) is 2.99.